The number of amides is 1. The van der Waals surface area contributed by atoms with E-state index in [9.17, 15) is 14.7 Å². The lowest BCUT2D eigenvalue weighted by atomic mass is 9.82. The zero-order valence-electron chi connectivity index (χ0n) is 20.3. The minimum atomic E-state index is -0.835. The van der Waals surface area contributed by atoms with Gasteiger partial charge in [-0.05, 0) is 68.7 Å². The smallest absolute Gasteiger partial charge is 0.306 e. The van der Waals surface area contributed by atoms with Gasteiger partial charge in [-0.2, -0.15) is 5.10 Å². The lowest BCUT2D eigenvalue weighted by molar-refractivity contribution is -0.142. The van der Waals surface area contributed by atoms with Crippen molar-refractivity contribution < 1.29 is 19.1 Å². The van der Waals surface area contributed by atoms with Crippen LogP contribution < -0.4 is 0 Å². The first-order valence-electron chi connectivity index (χ1n) is 12.6. The Kier molecular flexibility index (Phi) is 6.30. The molecule has 1 fully saturated rings. The topological polar surface area (TPSA) is 87.8 Å². The fourth-order valence-corrected chi connectivity index (χ4v) is 5.47. The van der Waals surface area contributed by atoms with Crippen molar-refractivity contribution in [2.75, 3.05) is 6.54 Å². The van der Waals surface area contributed by atoms with Gasteiger partial charge in [0.1, 0.15) is 11.5 Å². The van der Waals surface area contributed by atoms with Gasteiger partial charge in [-0.3, -0.25) is 9.59 Å². The van der Waals surface area contributed by atoms with Gasteiger partial charge in [0.2, 0.25) is 0 Å². The predicted octanol–water partition coefficient (Wildman–Crippen LogP) is 4.69. The third kappa shape index (κ3) is 4.30. The first-order valence-corrected chi connectivity index (χ1v) is 12.6. The molecule has 8 heteroatoms. The van der Waals surface area contributed by atoms with Crippen molar-refractivity contribution in [3.8, 4) is 11.3 Å². The summed E-state index contributed by atoms with van der Waals surface area (Å²) < 4.78 is 17.2. The SMILES string of the molecule is CCc1cc(C(=O)N2CCCCC[C@H]2C)nc2cc(-c3ccc4c(c3F)CC[C@H](C(=O)O)C4)nn12. The van der Waals surface area contributed by atoms with Gasteiger partial charge in [-0.1, -0.05) is 25.8 Å². The summed E-state index contributed by atoms with van der Waals surface area (Å²) in [6.45, 7) is 4.83. The van der Waals surface area contributed by atoms with Crippen LogP contribution in [0.3, 0.4) is 0 Å². The summed E-state index contributed by atoms with van der Waals surface area (Å²) in [7, 11) is 0. The van der Waals surface area contributed by atoms with Crippen LogP contribution in [-0.4, -0.2) is 49.1 Å². The summed E-state index contributed by atoms with van der Waals surface area (Å²) >= 11 is 0. The number of halogens is 1. The maximum atomic E-state index is 15.5. The van der Waals surface area contributed by atoms with Crippen LogP contribution in [0.2, 0.25) is 0 Å². The number of carboxylic acids is 1. The summed E-state index contributed by atoms with van der Waals surface area (Å²) in [6, 6.07) is 7.21. The number of likely N-dealkylation sites (tertiary alicyclic amines) is 1. The number of carbonyl (C=O) groups is 2. The first-order chi connectivity index (χ1) is 16.9. The molecule has 1 amide bonds. The van der Waals surface area contributed by atoms with E-state index in [4.69, 9.17) is 0 Å². The first kappa shape index (κ1) is 23.5. The van der Waals surface area contributed by atoms with E-state index in [1.807, 2.05) is 17.9 Å². The number of nitrogens with zero attached hydrogens (tertiary/aromatic N) is 4. The highest BCUT2D eigenvalue weighted by Crippen LogP contribution is 2.33. The van der Waals surface area contributed by atoms with E-state index in [0.717, 1.165) is 43.5 Å². The Labute approximate surface area is 204 Å². The van der Waals surface area contributed by atoms with Crippen LogP contribution in [0, 0.1) is 11.7 Å². The van der Waals surface area contributed by atoms with Crippen LogP contribution in [-0.2, 0) is 24.1 Å². The molecule has 3 heterocycles. The van der Waals surface area contributed by atoms with E-state index in [-0.39, 0.29) is 17.8 Å². The number of aromatic nitrogens is 3. The standard InChI is InChI=1S/C27H31FN4O3/c1-3-19-14-23(26(33)31-12-6-4-5-7-16(31)2)29-24-15-22(30-32(19)24)21-11-8-17-13-18(27(34)35)9-10-20(17)25(21)28/h8,11,14-16,18H,3-7,9-10,12-13H2,1-2H3,(H,34,35)/t16-,18+/m1/s1. The molecule has 7 nitrogen and oxygen atoms in total. The van der Waals surface area contributed by atoms with E-state index in [2.05, 4.69) is 17.0 Å². The van der Waals surface area contributed by atoms with E-state index in [1.54, 1.807) is 22.7 Å². The van der Waals surface area contributed by atoms with Crippen LogP contribution in [0.4, 0.5) is 4.39 Å². The Morgan fingerprint density at radius 1 is 1.17 bits per heavy atom. The Bertz CT molecular complexity index is 1300. The number of carbonyl (C=O) groups excluding carboxylic acids is 1. The van der Waals surface area contributed by atoms with Crippen LogP contribution in [0.15, 0.2) is 24.3 Å². The third-order valence-corrected chi connectivity index (χ3v) is 7.57. The molecule has 0 unspecified atom stereocenters. The van der Waals surface area contributed by atoms with Crippen LogP contribution in [0.25, 0.3) is 16.9 Å². The fraction of sp³-hybridized carbons (Fsp3) is 0.481. The number of aliphatic carboxylic acids is 1. The van der Waals surface area contributed by atoms with E-state index >= 15 is 4.39 Å². The minimum Gasteiger partial charge on any atom is -0.481 e. The zero-order valence-corrected chi connectivity index (χ0v) is 20.3. The van der Waals surface area contributed by atoms with Crippen molar-refractivity contribution in [3.05, 3.63) is 52.6 Å². The summed E-state index contributed by atoms with van der Waals surface area (Å²) in [6.07, 6.45) is 6.08. The summed E-state index contributed by atoms with van der Waals surface area (Å²) in [5.74, 6) is -1.71. The van der Waals surface area contributed by atoms with Crippen LogP contribution in [0.5, 0.6) is 0 Å². The van der Waals surface area contributed by atoms with Crippen molar-refractivity contribution in [1.82, 2.24) is 19.5 Å². The van der Waals surface area contributed by atoms with Crippen molar-refractivity contribution >= 4 is 17.5 Å². The molecular formula is C27H31FN4O3. The van der Waals surface area contributed by atoms with E-state index in [1.165, 1.54) is 0 Å². The largest absolute Gasteiger partial charge is 0.481 e. The summed E-state index contributed by atoms with van der Waals surface area (Å²) in [5.41, 5.74) is 3.93. The van der Waals surface area contributed by atoms with Gasteiger partial charge < -0.3 is 10.0 Å². The minimum absolute atomic E-state index is 0.0627. The number of fused-ring (bicyclic) bond motifs is 2. The predicted molar refractivity (Wildman–Crippen MR) is 130 cm³/mol. The highest BCUT2D eigenvalue weighted by molar-refractivity contribution is 5.93. The number of benzene rings is 1. The highest BCUT2D eigenvalue weighted by atomic mass is 19.1. The number of hydrogen-bond donors (Lipinski definition) is 1. The second kappa shape index (κ2) is 9.40. The average Bonchev–Trinajstić information content (AvgIpc) is 3.17. The number of aryl methyl sites for hydroxylation is 1. The average molecular weight is 479 g/mol. The van der Waals surface area contributed by atoms with Gasteiger partial charge in [0, 0.05) is 29.9 Å². The second-order valence-corrected chi connectivity index (χ2v) is 9.83. The lowest BCUT2D eigenvalue weighted by Gasteiger charge is -2.27. The Morgan fingerprint density at radius 2 is 2.00 bits per heavy atom. The molecule has 1 saturated heterocycles. The molecular weight excluding hydrogens is 447 g/mol. The molecule has 1 N–H and O–H groups in total. The zero-order chi connectivity index (χ0) is 24.7. The molecule has 2 aromatic heterocycles. The molecule has 5 rings (SSSR count). The van der Waals surface area contributed by atoms with Crippen molar-refractivity contribution in [1.29, 1.82) is 0 Å². The molecule has 2 atom stereocenters. The number of hydrogen-bond acceptors (Lipinski definition) is 4. The Morgan fingerprint density at radius 3 is 2.77 bits per heavy atom. The molecule has 0 saturated carbocycles. The number of rotatable bonds is 4. The van der Waals surface area contributed by atoms with Crippen molar-refractivity contribution in [2.45, 2.75) is 71.3 Å². The molecule has 0 bridgehead atoms. The van der Waals surface area contributed by atoms with Gasteiger partial charge >= 0.3 is 5.97 Å². The van der Waals surface area contributed by atoms with Gasteiger partial charge in [-0.15, -0.1) is 0 Å². The van der Waals surface area contributed by atoms with Crippen molar-refractivity contribution in [2.24, 2.45) is 5.92 Å². The van der Waals surface area contributed by atoms with Gasteiger partial charge in [0.25, 0.3) is 5.91 Å². The maximum Gasteiger partial charge on any atom is 0.306 e. The molecule has 3 aromatic rings. The van der Waals surface area contributed by atoms with Crippen LogP contribution in [0.1, 0.15) is 73.3 Å². The van der Waals surface area contributed by atoms with Gasteiger partial charge in [-0.25, -0.2) is 13.9 Å². The Balaban J connectivity index is 1.52. The molecule has 35 heavy (non-hydrogen) atoms. The maximum absolute atomic E-state index is 15.5. The molecule has 0 spiro atoms. The second-order valence-electron chi connectivity index (χ2n) is 9.83. The van der Waals surface area contributed by atoms with E-state index < -0.39 is 11.9 Å². The molecule has 2 aliphatic rings. The van der Waals surface area contributed by atoms with Gasteiger partial charge in [0.15, 0.2) is 5.65 Å². The lowest BCUT2D eigenvalue weighted by Crippen LogP contribution is -2.38. The number of carboxylic acid groups (broad SMARTS) is 1. The monoisotopic (exact) mass is 478 g/mol. The van der Waals surface area contributed by atoms with E-state index in [0.29, 0.717) is 53.8 Å². The van der Waals surface area contributed by atoms with Crippen molar-refractivity contribution in [3.63, 3.8) is 0 Å². The quantitative estimate of drug-likeness (QED) is 0.588. The summed E-state index contributed by atoms with van der Waals surface area (Å²) in [4.78, 5) is 31.3. The highest BCUT2D eigenvalue weighted by Gasteiger charge is 2.28. The Hall–Kier alpha value is -3.29. The fourth-order valence-electron chi connectivity index (χ4n) is 5.47. The normalized spacial score (nSPS) is 20.5. The van der Waals surface area contributed by atoms with Crippen LogP contribution >= 0.6 is 0 Å². The van der Waals surface area contributed by atoms with Gasteiger partial charge in [0.05, 0.1) is 11.6 Å². The molecule has 1 aromatic carbocycles. The third-order valence-electron chi connectivity index (χ3n) is 7.57. The molecule has 1 aliphatic carbocycles. The summed E-state index contributed by atoms with van der Waals surface area (Å²) in [5, 5.41) is 14.0. The molecule has 184 valence electrons. The molecule has 1 aliphatic heterocycles. The molecule has 0 radical (unpaired) electrons.